The van der Waals surface area contributed by atoms with Gasteiger partial charge in [0.2, 0.25) is 0 Å². The van der Waals surface area contributed by atoms with Crippen LogP contribution in [0.4, 0.5) is 11.4 Å². The van der Waals surface area contributed by atoms with E-state index >= 15 is 0 Å². The van der Waals surface area contributed by atoms with Crippen LogP contribution in [0, 0.1) is 19.8 Å². The van der Waals surface area contributed by atoms with Crippen LogP contribution in [-0.2, 0) is 10.2 Å². The van der Waals surface area contributed by atoms with E-state index in [4.69, 9.17) is 5.73 Å². The van der Waals surface area contributed by atoms with Gasteiger partial charge in [-0.3, -0.25) is 4.72 Å². The Morgan fingerprint density at radius 1 is 1.30 bits per heavy atom. The molecular formula is C14H23N3O2S. The fourth-order valence-electron chi connectivity index (χ4n) is 2.72. The van der Waals surface area contributed by atoms with E-state index in [0.29, 0.717) is 30.4 Å². The summed E-state index contributed by atoms with van der Waals surface area (Å²) in [6.07, 6.45) is 2.01. The van der Waals surface area contributed by atoms with Crippen molar-refractivity contribution in [3.63, 3.8) is 0 Å². The largest absolute Gasteiger partial charge is 0.399 e. The zero-order chi connectivity index (χ0) is 14.9. The van der Waals surface area contributed by atoms with Crippen molar-refractivity contribution in [2.45, 2.75) is 33.6 Å². The second kappa shape index (κ2) is 5.61. The summed E-state index contributed by atoms with van der Waals surface area (Å²) in [5.74, 6) is 0.411. The van der Waals surface area contributed by atoms with Gasteiger partial charge >= 0.3 is 10.2 Å². The lowest BCUT2D eigenvalue weighted by Gasteiger charge is -2.30. The molecule has 1 aromatic rings. The van der Waals surface area contributed by atoms with Crippen molar-refractivity contribution in [2.24, 2.45) is 5.92 Å². The van der Waals surface area contributed by atoms with Gasteiger partial charge in [-0.1, -0.05) is 6.92 Å². The molecule has 2 rings (SSSR count). The molecule has 1 aromatic carbocycles. The highest BCUT2D eigenvalue weighted by molar-refractivity contribution is 7.90. The van der Waals surface area contributed by atoms with Gasteiger partial charge in [-0.2, -0.15) is 12.7 Å². The third-order valence-corrected chi connectivity index (χ3v) is 5.22. The molecule has 1 unspecified atom stereocenters. The molecule has 112 valence electrons. The molecule has 1 saturated heterocycles. The molecule has 0 radical (unpaired) electrons. The number of piperidine rings is 1. The van der Waals surface area contributed by atoms with Crippen LogP contribution in [-0.4, -0.2) is 25.8 Å². The van der Waals surface area contributed by atoms with E-state index in [0.717, 1.165) is 24.0 Å². The Morgan fingerprint density at radius 3 is 2.45 bits per heavy atom. The summed E-state index contributed by atoms with van der Waals surface area (Å²) in [7, 11) is -3.48. The summed E-state index contributed by atoms with van der Waals surface area (Å²) in [6, 6.07) is 3.56. The van der Waals surface area contributed by atoms with E-state index in [-0.39, 0.29) is 0 Å². The molecule has 20 heavy (non-hydrogen) atoms. The van der Waals surface area contributed by atoms with Crippen LogP contribution in [0.1, 0.15) is 30.9 Å². The number of anilines is 2. The van der Waals surface area contributed by atoms with Gasteiger partial charge in [-0.15, -0.1) is 0 Å². The predicted molar refractivity (Wildman–Crippen MR) is 82.8 cm³/mol. The summed E-state index contributed by atoms with van der Waals surface area (Å²) in [5.41, 5.74) is 8.74. The first kappa shape index (κ1) is 15.1. The van der Waals surface area contributed by atoms with Crippen molar-refractivity contribution < 1.29 is 8.42 Å². The summed E-state index contributed by atoms with van der Waals surface area (Å²) < 4.78 is 29.2. The van der Waals surface area contributed by atoms with Gasteiger partial charge in [-0.05, 0) is 55.9 Å². The zero-order valence-corrected chi connectivity index (χ0v) is 13.1. The summed E-state index contributed by atoms with van der Waals surface area (Å²) >= 11 is 0. The number of nitrogens with one attached hydrogen (secondary N) is 1. The zero-order valence-electron chi connectivity index (χ0n) is 12.3. The minimum atomic E-state index is -3.48. The first-order chi connectivity index (χ1) is 9.29. The van der Waals surface area contributed by atoms with Gasteiger partial charge in [0.25, 0.3) is 0 Å². The average molecular weight is 297 g/mol. The second-order valence-corrected chi connectivity index (χ2v) is 7.41. The SMILES string of the molecule is Cc1cc(N)cc(C)c1NS(=O)(=O)N1CCCC(C)C1. The minimum Gasteiger partial charge on any atom is -0.399 e. The molecule has 1 aliphatic heterocycles. The molecule has 0 bridgehead atoms. The molecule has 3 N–H and O–H groups in total. The molecule has 0 amide bonds. The molecular weight excluding hydrogens is 274 g/mol. The number of aryl methyl sites for hydroxylation is 2. The number of benzene rings is 1. The fourth-order valence-corrected chi connectivity index (χ4v) is 4.25. The monoisotopic (exact) mass is 297 g/mol. The van der Waals surface area contributed by atoms with Crippen LogP contribution in [0.3, 0.4) is 0 Å². The van der Waals surface area contributed by atoms with Gasteiger partial charge < -0.3 is 5.73 Å². The van der Waals surface area contributed by atoms with Crippen molar-refractivity contribution in [2.75, 3.05) is 23.5 Å². The molecule has 0 spiro atoms. The third kappa shape index (κ3) is 3.24. The third-order valence-electron chi connectivity index (χ3n) is 3.75. The van der Waals surface area contributed by atoms with Crippen LogP contribution in [0.15, 0.2) is 12.1 Å². The second-order valence-electron chi connectivity index (χ2n) is 5.74. The number of nitrogen functional groups attached to an aromatic ring is 1. The Kier molecular flexibility index (Phi) is 4.25. The Balaban J connectivity index is 2.24. The molecule has 6 heteroatoms. The minimum absolute atomic E-state index is 0.411. The fraction of sp³-hybridized carbons (Fsp3) is 0.571. The first-order valence-corrected chi connectivity index (χ1v) is 8.38. The van der Waals surface area contributed by atoms with Gasteiger partial charge in [0.15, 0.2) is 0 Å². The van der Waals surface area contributed by atoms with Crippen LogP contribution >= 0.6 is 0 Å². The van der Waals surface area contributed by atoms with Crippen molar-refractivity contribution in [3.05, 3.63) is 23.3 Å². The maximum absolute atomic E-state index is 12.5. The van der Waals surface area contributed by atoms with Crippen molar-refractivity contribution in [3.8, 4) is 0 Å². The van der Waals surface area contributed by atoms with Crippen molar-refractivity contribution in [1.29, 1.82) is 0 Å². The highest BCUT2D eigenvalue weighted by Crippen LogP contribution is 2.26. The number of rotatable bonds is 3. The maximum atomic E-state index is 12.5. The number of hydrogen-bond acceptors (Lipinski definition) is 3. The molecule has 0 aliphatic carbocycles. The standard InChI is InChI=1S/C14H23N3O2S/c1-10-5-4-6-17(9-10)20(18,19)16-14-11(2)7-13(15)8-12(14)3/h7-8,10,16H,4-6,9,15H2,1-3H3. The Hall–Kier alpha value is -1.27. The van der Waals surface area contributed by atoms with Crippen LogP contribution in [0.2, 0.25) is 0 Å². The summed E-state index contributed by atoms with van der Waals surface area (Å²) in [5, 5.41) is 0. The van der Waals surface area contributed by atoms with Crippen molar-refractivity contribution in [1.82, 2.24) is 4.31 Å². The lowest BCUT2D eigenvalue weighted by Crippen LogP contribution is -2.42. The average Bonchev–Trinajstić information content (AvgIpc) is 2.34. The van der Waals surface area contributed by atoms with Crippen LogP contribution < -0.4 is 10.5 Å². The Labute approximate surface area is 121 Å². The lowest BCUT2D eigenvalue weighted by molar-refractivity contribution is 0.282. The van der Waals surface area contributed by atoms with E-state index < -0.39 is 10.2 Å². The molecule has 0 saturated carbocycles. The molecule has 0 aromatic heterocycles. The number of hydrogen-bond donors (Lipinski definition) is 2. The smallest absolute Gasteiger partial charge is 0.301 e. The van der Waals surface area contributed by atoms with E-state index in [1.165, 1.54) is 4.31 Å². The summed E-state index contributed by atoms with van der Waals surface area (Å²) in [6.45, 7) is 6.98. The van der Waals surface area contributed by atoms with Gasteiger partial charge in [-0.25, -0.2) is 0 Å². The maximum Gasteiger partial charge on any atom is 0.301 e. The molecule has 1 heterocycles. The summed E-state index contributed by atoms with van der Waals surface area (Å²) in [4.78, 5) is 0. The predicted octanol–water partition coefficient (Wildman–Crippen LogP) is 2.27. The molecule has 5 nitrogen and oxygen atoms in total. The van der Waals surface area contributed by atoms with Gasteiger partial charge in [0, 0.05) is 18.8 Å². The quantitative estimate of drug-likeness (QED) is 0.840. The van der Waals surface area contributed by atoms with Gasteiger partial charge in [0.1, 0.15) is 0 Å². The topological polar surface area (TPSA) is 75.4 Å². The highest BCUT2D eigenvalue weighted by atomic mass is 32.2. The van der Waals surface area contributed by atoms with Gasteiger partial charge in [0.05, 0.1) is 5.69 Å². The Bertz CT molecular complexity index is 575. The van der Waals surface area contributed by atoms with Crippen molar-refractivity contribution >= 4 is 21.6 Å². The normalized spacial score (nSPS) is 20.9. The molecule has 1 aliphatic rings. The van der Waals surface area contributed by atoms with E-state index in [1.54, 1.807) is 12.1 Å². The molecule has 1 atom stereocenters. The highest BCUT2D eigenvalue weighted by Gasteiger charge is 2.27. The number of nitrogens with zero attached hydrogens (tertiary/aromatic N) is 1. The lowest BCUT2D eigenvalue weighted by atomic mass is 10.0. The Morgan fingerprint density at radius 2 is 1.90 bits per heavy atom. The van der Waals surface area contributed by atoms with E-state index in [9.17, 15) is 8.42 Å². The number of nitrogens with two attached hydrogens (primary N) is 1. The van der Waals surface area contributed by atoms with Crippen LogP contribution in [0.5, 0.6) is 0 Å². The van der Waals surface area contributed by atoms with E-state index in [2.05, 4.69) is 11.6 Å². The molecule has 1 fully saturated rings. The first-order valence-electron chi connectivity index (χ1n) is 6.94. The van der Waals surface area contributed by atoms with Crippen LogP contribution in [0.25, 0.3) is 0 Å². The van der Waals surface area contributed by atoms with E-state index in [1.807, 2.05) is 13.8 Å².